The predicted octanol–water partition coefficient (Wildman–Crippen LogP) is 2.45. The molecule has 1 saturated heterocycles. The molecule has 0 aliphatic carbocycles. The highest BCUT2D eigenvalue weighted by molar-refractivity contribution is 7.90. The van der Waals surface area contributed by atoms with Crippen molar-refractivity contribution in [2.75, 3.05) is 45.4 Å². The minimum Gasteiger partial charge on any atom is -0.380 e. The maximum absolute atomic E-state index is 14.9. The van der Waals surface area contributed by atoms with E-state index in [1.165, 1.54) is 30.0 Å². The first-order chi connectivity index (χ1) is 20.0. The Balaban J connectivity index is 1.39. The topological polar surface area (TPSA) is 137 Å². The molecule has 1 aromatic carbocycles. The van der Waals surface area contributed by atoms with Crippen LogP contribution in [0.5, 0.6) is 0 Å². The van der Waals surface area contributed by atoms with Crippen molar-refractivity contribution in [3.8, 4) is 11.3 Å². The van der Waals surface area contributed by atoms with E-state index < -0.39 is 21.5 Å². The molecule has 0 amide bonds. The van der Waals surface area contributed by atoms with Crippen molar-refractivity contribution >= 4 is 33.2 Å². The number of fused-ring (bicyclic) bond motifs is 1. The van der Waals surface area contributed by atoms with Crippen LogP contribution in [0.3, 0.4) is 0 Å². The van der Waals surface area contributed by atoms with Crippen molar-refractivity contribution in [1.82, 2.24) is 19.5 Å². The summed E-state index contributed by atoms with van der Waals surface area (Å²) in [6.07, 6.45) is 4.96. The zero-order valence-electron chi connectivity index (χ0n) is 23.8. The Kier molecular flexibility index (Phi) is 9.08. The quantitative estimate of drug-likeness (QED) is 0.394. The van der Waals surface area contributed by atoms with Crippen LogP contribution in [0.25, 0.3) is 16.8 Å². The fourth-order valence-electron chi connectivity index (χ4n) is 5.60. The predicted molar refractivity (Wildman–Crippen MR) is 156 cm³/mol. The summed E-state index contributed by atoms with van der Waals surface area (Å²) in [5.74, 6) is -1.21. The zero-order valence-corrected chi connectivity index (χ0v) is 24.6. The minimum absolute atomic E-state index is 0.0466. The Morgan fingerprint density at radius 1 is 1.19 bits per heavy atom. The first-order valence-corrected chi connectivity index (χ1v) is 15.8. The van der Waals surface area contributed by atoms with Gasteiger partial charge in [-0.25, -0.2) is 27.2 Å². The summed E-state index contributed by atoms with van der Waals surface area (Å²) in [6, 6.07) is 5.29. The number of imidazole rings is 1. The molecule has 0 bridgehead atoms. The van der Waals surface area contributed by atoms with Crippen molar-refractivity contribution in [2.45, 2.75) is 38.1 Å². The molecule has 4 heterocycles. The van der Waals surface area contributed by atoms with E-state index in [1.807, 2.05) is 6.92 Å². The van der Waals surface area contributed by atoms with E-state index in [1.54, 1.807) is 24.5 Å². The lowest BCUT2D eigenvalue weighted by Gasteiger charge is -2.44. The van der Waals surface area contributed by atoms with E-state index >= 15 is 0 Å². The highest BCUT2D eigenvalue weighted by Gasteiger charge is 2.38. The molecule has 0 spiro atoms. The fraction of sp³-hybridized carbons (Fsp3) is 0.500. The number of aliphatic imine (C=N–C) groups is 2. The van der Waals surface area contributed by atoms with Gasteiger partial charge in [-0.05, 0) is 42.2 Å². The molecule has 1 fully saturated rings. The average Bonchev–Trinajstić information content (AvgIpc) is 3.31. The van der Waals surface area contributed by atoms with Crippen molar-refractivity contribution in [3.05, 3.63) is 47.7 Å². The van der Waals surface area contributed by atoms with Crippen molar-refractivity contribution in [3.63, 3.8) is 0 Å². The van der Waals surface area contributed by atoms with Gasteiger partial charge in [0.25, 0.3) is 5.95 Å². The minimum atomic E-state index is -3.12. The number of ether oxygens (including phenoxy) is 2. The van der Waals surface area contributed by atoms with Crippen molar-refractivity contribution in [2.24, 2.45) is 21.6 Å². The highest BCUT2D eigenvalue weighted by atomic mass is 32.2. The van der Waals surface area contributed by atoms with Gasteiger partial charge in [0.1, 0.15) is 21.5 Å². The van der Waals surface area contributed by atoms with Crippen LogP contribution >= 0.6 is 0 Å². The van der Waals surface area contributed by atoms with E-state index in [-0.39, 0.29) is 60.3 Å². The van der Waals surface area contributed by atoms with Crippen LogP contribution in [-0.2, 0) is 25.9 Å². The number of likely N-dealkylation sites (tertiary alicyclic amines) is 1. The van der Waals surface area contributed by atoms with Gasteiger partial charge in [0, 0.05) is 45.3 Å². The van der Waals surface area contributed by atoms with E-state index in [0.29, 0.717) is 36.4 Å². The first kappa shape index (κ1) is 30.3. The number of piperidine rings is 1. The summed E-state index contributed by atoms with van der Waals surface area (Å²) in [7, 11) is -1.67. The molecule has 2 N–H and O–H groups in total. The van der Waals surface area contributed by atoms with Crippen molar-refractivity contribution in [1.29, 1.82) is 0 Å². The number of hydrogen-bond donors (Lipinski definition) is 1. The molecule has 0 radical (unpaired) electrons. The van der Waals surface area contributed by atoms with E-state index in [2.05, 4.69) is 20.0 Å². The molecule has 2 aromatic heterocycles. The van der Waals surface area contributed by atoms with E-state index in [4.69, 9.17) is 20.2 Å². The number of methoxy groups -OCH3 is 1. The van der Waals surface area contributed by atoms with Crippen LogP contribution in [0.4, 0.5) is 14.7 Å². The highest BCUT2D eigenvalue weighted by Crippen LogP contribution is 2.28. The number of halogens is 2. The lowest BCUT2D eigenvalue weighted by molar-refractivity contribution is -0.0392. The summed E-state index contributed by atoms with van der Waals surface area (Å²) in [4.78, 5) is 15.9. The van der Waals surface area contributed by atoms with Crippen LogP contribution in [0.15, 0.2) is 40.4 Å². The molecule has 2 aliphatic heterocycles. The number of hydrogen-bond acceptors (Lipinski definition) is 10. The average molecular weight is 604 g/mol. The van der Waals surface area contributed by atoms with Crippen LogP contribution in [0.2, 0.25) is 0 Å². The van der Waals surface area contributed by atoms with Gasteiger partial charge >= 0.3 is 0 Å². The lowest BCUT2D eigenvalue weighted by Crippen LogP contribution is -2.60. The maximum atomic E-state index is 14.9. The molecule has 4 atom stereocenters. The van der Waals surface area contributed by atoms with Gasteiger partial charge in [-0.2, -0.15) is 9.61 Å². The Labute approximate surface area is 243 Å². The number of aromatic nitrogens is 3. The van der Waals surface area contributed by atoms with Gasteiger partial charge in [-0.3, -0.25) is 9.89 Å². The molecule has 2 aliphatic rings. The molecular weight excluding hydrogens is 568 g/mol. The second-order valence-corrected chi connectivity index (χ2v) is 13.2. The normalized spacial score (nSPS) is 24.6. The fourth-order valence-corrected chi connectivity index (χ4v) is 6.00. The number of rotatable bonds is 9. The summed E-state index contributed by atoms with van der Waals surface area (Å²) < 4.78 is 65.2. The summed E-state index contributed by atoms with van der Waals surface area (Å²) in [5.41, 5.74) is 8.04. The summed E-state index contributed by atoms with van der Waals surface area (Å²) >= 11 is 0. The van der Waals surface area contributed by atoms with Crippen LogP contribution in [0.1, 0.15) is 18.9 Å². The third-order valence-corrected chi connectivity index (χ3v) is 8.42. The van der Waals surface area contributed by atoms with Gasteiger partial charge in [-0.15, -0.1) is 0 Å². The van der Waals surface area contributed by atoms with Crippen LogP contribution < -0.4 is 5.73 Å². The molecule has 5 rings (SSSR count). The van der Waals surface area contributed by atoms with Crippen LogP contribution in [0, 0.1) is 17.6 Å². The van der Waals surface area contributed by atoms with Gasteiger partial charge in [0.05, 0.1) is 59.8 Å². The van der Waals surface area contributed by atoms with Gasteiger partial charge in [0.2, 0.25) is 0 Å². The molecule has 42 heavy (non-hydrogen) atoms. The second kappa shape index (κ2) is 12.6. The molecule has 14 heteroatoms. The third kappa shape index (κ3) is 6.73. The Morgan fingerprint density at radius 2 is 1.95 bits per heavy atom. The van der Waals surface area contributed by atoms with Crippen LogP contribution in [-0.4, -0.2) is 103 Å². The zero-order chi connectivity index (χ0) is 30.0. The molecular formula is C28H35F2N7O4S. The van der Waals surface area contributed by atoms with Crippen molar-refractivity contribution < 1.29 is 26.7 Å². The molecule has 3 aromatic rings. The van der Waals surface area contributed by atoms with Gasteiger partial charge in [-0.1, -0.05) is 6.92 Å². The third-order valence-electron chi connectivity index (χ3n) is 7.52. The Hall–Kier alpha value is -3.17. The maximum Gasteiger partial charge on any atom is 0.251 e. The number of nitrogens with two attached hydrogens (primary N) is 1. The molecule has 226 valence electrons. The Morgan fingerprint density at radius 3 is 2.64 bits per heavy atom. The van der Waals surface area contributed by atoms with Gasteiger partial charge < -0.3 is 15.2 Å². The molecule has 0 saturated carbocycles. The first-order valence-electron chi connectivity index (χ1n) is 13.7. The lowest BCUT2D eigenvalue weighted by atomic mass is 9.90. The smallest absolute Gasteiger partial charge is 0.251 e. The summed E-state index contributed by atoms with van der Waals surface area (Å²) in [6.45, 7) is 4.07. The van der Waals surface area contributed by atoms with Gasteiger partial charge in [0.15, 0.2) is 0 Å². The molecule has 11 nitrogen and oxygen atoms in total. The van der Waals surface area contributed by atoms with E-state index in [9.17, 15) is 17.2 Å². The summed E-state index contributed by atoms with van der Waals surface area (Å²) in [5, 5.41) is 4.48. The number of sulfone groups is 1. The number of benzene rings is 1. The Bertz CT molecular complexity index is 1580. The number of nitrogens with zero attached hydrogens (tertiary/aromatic N) is 6. The second-order valence-electron chi connectivity index (χ2n) is 10.9. The van der Waals surface area contributed by atoms with E-state index in [0.717, 1.165) is 6.42 Å². The SMILES string of the molecule is COCc1cc(F)c(-c2ccc3cnc(N=C4C=NCCC4N4CC(C)C(OCCS(C)(=O)=O)C(N)C4)n3n2)c(F)c1. The molecule has 4 unspecified atom stereocenters. The monoisotopic (exact) mass is 603 g/mol. The largest absolute Gasteiger partial charge is 0.380 e. The standard InChI is InChI=1S/C28H35F2N7O4S/c1-17-14-36(15-22(31)27(17)41-8-9-42(3,38)39)25-6-7-32-13-24(25)34-28-33-12-19-4-5-23(35-37(19)28)26-20(29)10-18(16-40-2)11-21(26)30/h4-5,10-13,17,22,25,27H,6-9,14-16,31H2,1-3H3.